The number of hydrogen-bond acceptors (Lipinski definition) is 2. The lowest BCUT2D eigenvalue weighted by Gasteiger charge is -2.03. The second-order valence-electron chi connectivity index (χ2n) is 3.76. The first-order valence-corrected chi connectivity index (χ1v) is 5.62. The predicted octanol–water partition coefficient (Wildman–Crippen LogP) is 1.88. The Kier molecular flexibility index (Phi) is 2.90. The van der Waals surface area contributed by atoms with Crippen LogP contribution in [0, 0.1) is 5.92 Å². The van der Waals surface area contributed by atoms with E-state index < -0.39 is 0 Å². The highest BCUT2D eigenvalue weighted by Crippen LogP contribution is 2.32. The molecule has 1 amide bonds. The molecule has 5 heteroatoms. The first-order chi connectivity index (χ1) is 7.15. The Morgan fingerprint density at radius 1 is 1.60 bits per heavy atom. The Hall–Kier alpha value is -1.10. The van der Waals surface area contributed by atoms with E-state index in [1.165, 1.54) is 6.20 Å². The maximum atomic E-state index is 11.4. The van der Waals surface area contributed by atoms with Crippen LogP contribution in [0.3, 0.4) is 0 Å². The van der Waals surface area contributed by atoms with E-state index in [1.54, 1.807) is 6.07 Å². The summed E-state index contributed by atoms with van der Waals surface area (Å²) in [6.45, 7) is 0. The number of rotatable bonds is 3. The summed E-state index contributed by atoms with van der Waals surface area (Å²) in [4.78, 5) is 25.0. The summed E-state index contributed by atoms with van der Waals surface area (Å²) in [6.07, 6.45) is 4.39. The third-order valence-corrected chi connectivity index (χ3v) is 2.90. The van der Waals surface area contributed by atoms with Crippen molar-refractivity contribution in [3.63, 3.8) is 0 Å². The number of aromatic amines is 1. The first kappa shape index (κ1) is 10.4. The van der Waals surface area contributed by atoms with Crippen LogP contribution in [0.25, 0.3) is 0 Å². The lowest BCUT2D eigenvalue weighted by atomic mass is 10.3. The fraction of sp³-hybridized carbons (Fsp3) is 0.400. The molecular formula is C10H11BrN2O2. The average molecular weight is 271 g/mol. The van der Waals surface area contributed by atoms with Crippen molar-refractivity contribution in [1.82, 2.24) is 4.98 Å². The highest BCUT2D eigenvalue weighted by atomic mass is 79.9. The summed E-state index contributed by atoms with van der Waals surface area (Å²) < 4.78 is 0.423. The van der Waals surface area contributed by atoms with Gasteiger partial charge in [-0.05, 0) is 40.8 Å². The van der Waals surface area contributed by atoms with Gasteiger partial charge in [-0.2, -0.15) is 0 Å². The molecule has 0 radical (unpaired) electrons. The number of hydrogen-bond donors (Lipinski definition) is 2. The van der Waals surface area contributed by atoms with Crippen LogP contribution in [0.5, 0.6) is 0 Å². The van der Waals surface area contributed by atoms with Gasteiger partial charge in [0.05, 0.1) is 10.2 Å². The summed E-state index contributed by atoms with van der Waals surface area (Å²) in [6, 6.07) is 1.60. The number of nitrogens with one attached hydrogen (secondary N) is 2. The van der Waals surface area contributed by atoms with Crippen molar-refractivity contribution >= 4 is 27.5 Å². The maximum absolute atomic E-state index is 11.4. The maximum Gasteiger partial charge on any atom is 0.262 e. The molecule has 2 N–H and O–H groups in total. The standard InChI is InChI=1S/C10H11BrN2O2/c11-8-4-7(5-12-10(8)15)13-9(14)3-6-1-2-6/h4-6H,1-3H2,(H,12,15)(H,13,14). The second-order valence-corrected chi connectivity index (χ2v) is 4.62. The fourth-order valence-electron chi connectivity index (χ4n) is 1.32. The molecule has 0 aliphatic heterocycles. The van der Waals surface area contributed by atoms with Gasteiger partial charge < -0.3 is 10.3 Å². The van der Waals surface area contributed by atoms with Gasteiger partial charge in [-0.25, -0.2) is 0 Å². The van der Waals surface area contributed by atoms with E-state index in [1.807, 2.05) is 0 Å². The smallest absolute Gasteiger partial charge is 0.262 e. The average Bonchev–Trinajstić information content (AvgIpc) is 2.95. The molecule has 0 spiro atoms. The van der Waals surface area contributed by atoms with Gasteiger partial charge in [0.1, 0.15) is 0 Å². The highest BCUT2D eigenvalue weighted by molar-refractivity contribution is 9.10. The quantitative estimate of drug-likeness (QED) is 0.881. The number of H-pyrrole nitrogens is 1. The number of carbonyl (C=O) groups excluding carboxylic acids is 1. The molecule has 1 heterocycles. The van der Waals surface area contributed by atoms with Gasteiger partial charge in [-0.3, -0.25) is 9.59 Å². The molecule has 4 nitrogen and oxygen atoms in total. The molecular weight excluding hydrogens is 260 g/mol. The Balaban J connectivity index is 2.00. The number of aromatic nitrogens is 1. The van der Waals surface area contributed by atoms with Gasteiger partial charge in [0, 0.05) is 12.6 Å². The first-order valence-electron chi connectivity index (χ1n) is 4.83. The van der Waals surface area contributed by atoms with Crippen molar-refractivity contribution in [3.05, 3.63) is 27.1 Å². The van der Waals surface area contributed by atoms with Gasteiger partial charge in [0.25, 0.3) is 5.56 Å². The van der Waals surface area contributed by atoms with Crippen LogP contribution in [0.1, 0.15) is 19.3 Å². The Morgan fingerprint density at radius 2 is 2.33 bits per heavy atom. The van der Waals surface area contributed by atoms with Gasteiger partial charge in [0.2, 0.25) is 5.91 Å². The zero-order valence-electron chi connectivity index (χ0n) is 8.05. The van der Waals surface area contributed by atoms with Crippen molar-refractivity contribution in [2.45, 2.75) is 19.3 Å². The molecule has 80 valence electrons. The number of halogens is 1. The van der Waals surface area contributed by atoms with Crippen molar-refractivity contribution in [3.8, 4) is 0 Å². The van der Waals surface area contributed by atoms with E-state index in [0.29, 0.717) is 22.5 Å². The minimum atomic E-state index is -0.199. The van der Waals surface area contributed by atoms with Gasteiger partial charge in [-0.15, -0.1) is 0 Å². The largest absolute Gasteiger partial charge is 0.326 e. The van der Waals surface area contributed by atoms with Gasteiger partial charge >= 0.3 is 0 Å². The molecule has 15 heavy (non-hydrogen) atoms. The summed E-state index contributed by atoms with van der Waals surface area (Å²) in [5, 5.41) is 2.74. The Morgan fingerprint density at radius 3 is 2.93 bits per heavy atom. The minimum absolute atomic E-state index is 0.0106. The topological polar surface area (TPSA) is 62.0 Å². The van der Waals surface area contributed by atoms with Gasteiger partial charge in [0.15, 0.2) is 0 Å². The summed E-state index contributed by atoms with van der Waals surface area (Å²) in [5.74, 6) is 0.577. The lowest BCUT2D eigenvalue weighted by Crippen LogP contribution is -2.14. The zero-order valence-corrected chi connectivity index (χ0v) is 9.63. The molecule has 0 saturated heterocycles. The number of anilines is 1. The van der Waals surface area contributed by atoms with Crippen molar-refractivity contribution < 1.29 is 4.79 Å². The number of amides is 1. The van der Waals surface area contributed by atoms with Crippen LogP contribution < -0.4 is 10.9 Å². The van der Waals surface area contributed by atoms with Crippen LogP contribution in [0.4, 0.5) is 5.69 Å². The van der Waals surface area contributed by atoms with Crippen LogP contribution in [0.2, 0.25) is 0 Å². The third kappa shape index (κ3) is 2.92. The van der Waals surface area contributed by atoms with E-state index in [0.717, 1.165) is 12.8 Å². The van der Waals surface area contributed by atoms with Crippen LogP contribution in [-0.4, -0.2) is 10.9 Å². The Bertz CT molecular complexity index is 437. The lowest BCUT2D eigenvalue weighted by molar-refractivity contribution is -0.116. The molecule has 1 aliphatic rings. The van der Waals surface area contributed by atoms with Crippen LogP contribution in [0.15, 0.2) is 21.5 Å². The minimum Gasteiger partial charge on any atom is -0.326 e. The molecule has 1 aromatic heterocycles. The SMILES string of the molecule is O=C(CC1CC1)Nc1c[nH]c(=O)c(Br)c1. The monoisotopic (exact) mass is 270 g/mol. The zero-order chi connectivity index (χ0) is 10.8. The molecule has 0 bridgehead atoms. The normalized spacial score (nSPS) is 15.0. The molecule has 1 fully saturated rings. The molecule has 0 aromatic carbocycles. The van der Waals surface area contributed by atoms with Crippen LogP contribution in [-0.2, 0) is 4.79 Å². The highest BCUT2D eigenvalue weighted by Gasteiger charge is 2.24. The molecule has 2 rings (SSSR count). The van der Waals surface area contributed by atoms with E-state index in [9.17, 15) is 9.59 Å². The van der Waals surface area contributed by atoms with Crippen molar-refractivity contribution in [1.29, 1.82) is 0 Å². The Labute approximate surface area is 95.2 Å². The van der Waals surface area contributed by atoms with Crippen molar-refractivity contribution in [2.24, 2.45) is 5.92 Å². The van der Waals surface area contributed by atoms with E-state index >= 15 is 0 Å². The van der Waals surface area contributed by atoms with Crippen LogP contribution >= 0.6 is 15.9 Å². The van der Waals surface area contributed by atoms with Gasteiger partial charge in [-0.1, -0.05) is 0 Å². The summed E-state index contributed by atoms with van der Waals surface area (Å²) in [5.41, 5.74) is 0.419. The summed E-state index contributed by atoms with van der Waals surface area (Å²) >= 11 is 3.10. The van der Waals surface area contributed by atoms with E-state index in [2.05, 4.69) is 26.2 Å². The molecule has 1 aromatic rings. The second kappa shape index (κ2) is 4.18. The third-order valence-electron chi connectivity index (χ3n) is 2.31. The number of carbonyl (C=O) groups is 1. The molecule has 0 atom stereocenters. The molecule has 1 aliphatic carbocycles. The van der Waals surface area contributed by atoms with E-state index in [4.69, 9.17) is 0 Å². The van der Waals surface area contributed by atoms with Crippen molar-refractivity contribution in [2.75, 3.05) is 5.32 Å². The molecule has 1 saturated carbocycles. The molecule has 0 unspecified atom stereocenters. The summed E-state index contributed by atoms with van der Waals surface area (Å²) in [7, 11) is 0. The fourth-order valence-corrected chi connectivity index (χ4v) is 1.69. The predicted molar refractivity (Wildman–Crippen MR) is 60.7 cm³/mol. The number of pyridine rings is 1. The van der Waals surface area contributed by atoms with E-state index in [-0.39, 0.29) is 11.5 Å².